The van der Waals surface area contributed by atoms with Crippen LogP contribution in [0.2, 0.25) is 0 Å². The van der Waals surface area contributed by atoms with Gasteiger partial charge in [-0.2, -0.15) is 5.10 Å². The number of halogens is 2. The molecule has 1 aliphatic heterocycles. The number of carbonyl (C=O) groups is 1. The van der Waals surface area contributed by atoms with Gasteiger partial charge in [0.05, 0.1) is 11.9 Å². The molecule has 5 rings (SSSR count). The number of rotatable bonds is 4. The Balaban J connectivity index is 1.42. The predicted molar refractivity (Wildman–Crippen MR) is 124 cm³/mol. The van der Waals surface area contributed by atoms with Crippen molar-refractivity contribution < 1.29 is 13.6 Å². The van der Waals surface area contributed by atoms with E-state index < -0.39 is 0 Å². The van der Waals surface area contributed by atoms with Crippen LogP contribution < -0.4 is 10.5 Å². The molecule has 0 fully saturated rings. The minimum absolute atomic E-state index is 0.0159. The molecule has 0 N–H and O–H groups in total. The largest absolute Gasteiger partial charge is 0.309 e. The van der Waals surface area contributed by atoms with Crippen molar-refractivity contribution in [2.24, 2.45) is 0 Å². The van der Waals surface area contributed by atoms with Crippen LogP contribution in [0.5, 0.6) is 0 Å². The van der Waals surface area contributed by atoms with E-state index in [9.17, 15) is 18.4 Å². The van der Waals surface area contributed by atoms with Gasteiger partial charge in [0, 0.05) is 24.7 Å². The molecule has 0 saturated heterocycles. The Bertz CT molecular complexity index is 1460. The lowest BCUT2D eigenvalue weighted by Gasteiger charge is -2.35. The fourth-order valence-corrected chi connectivity index (χ4v) is 4.57. The number of anilines is 1. The summed E-state index contributed by atoms with van der Waals surface area (Å²) in [7, 11) is 0. The maximum Gasteiger partial charge on any atom is 0.264 e. The van der Waals surface area contributed by atoms with Crippen molar-refractivity contribution in [1.29, 1.82) is 0 Å². The summed E-state index contributed by atoms with van der Waals surface area (Å²) >= 11 is 0. The second kappa shape index (κ2) is 8.48. The van der Waals surface area contributed by atoms with E-state index in [2.05, 4.69) is 10.1 Å². The third-order valence-electron chi connectivity index (χ3n) is 6.34. The molecule has 174 valence electrons. The van der Waals surface area contributed by atoms with Crippen LogP contribution in [0.4, 0.5) is 14.5 Å². The molecule has 34 heavy (non-hydrogen) atoms. The lowest BCUT2D eigenvalue weighted by Crippen LogP contribution is -2.42. The molecular formula is C25H23F2N5O2. The van der Waals surface area contributed by atoms with Gasteiger partial charge in [-0.15, -0.1) is 0 Å². The summed E-state index contributed by atoms with van der Waals surface area (Å²) in [5, 5.41) is 4.58. The molecule has 2 aromatic carbocycles. The summed E-state index contributed by atoms with van der Waals surface area (Å²) in [5.74, 6) is -0.368. The van der Waals surface area contributed by atoms with Gasteiger partial charge >= 0.3 is 0 Å². The number of amides is 1. The molecule has 1 aliphatic rings. The SMILES string of the molecule is Cc1nc2c(cnn2-c2ccc(F)cc2)c(=O)n1CCC(=O)N1c2ccc(F)cc2CCC1C. The molecule has 0 aliphatic carbocycles. The standard InChI is InChI=1S/C25H23F2N5O2/c1-15-3-4-17-13-19(27)7-10-22(17)31(15)23(33)11-12-30-16(2)29-24-21(25(30)34)14-28-32(24)20-8-5-18(26)6-9-20/h5-10,13-15H,3-4,11-12H2,1-2H3. The first-order valence-corrected chi connectivity index (χ1v) is 11.1. The zero-order chi connectivity index (χ0) is 24.0. The van der Waals surface area contributed by atoms with E-state index in [1.165, 1.54) is 39.7 Å². The lowest BCUT2D eigenvalue weighted by molar-refractivity contribution is -0.119. The maximum absolute atomic E-state index is 13.7. The van der Waals surface area contributed by atoms with E-state index >= 15 is 0 Å². The molecule has 2 aromatic heterocycles. The Morgan fingerprint density at radius 3 is 2.62 bits per heavy atom. The first-order chi connectivity index (χ1) is 16.3. The molecule has 0 saturated carbocycles. The summed E-state index contributed by atoms with van der Waals surface area (Å²) in [6, 6.07) is 10.2. The van der Waals surface area contributed by atoms with Gasteiger partial charge in [-0.05, 0) is 74.7 Å². The number of fused-ring (bicyclic) bond motifs is 2. The van der Waals surface area contributed by atoms with Gasteiger partial charge in [0.25, 0.3) is 5.56 Å². The van der Waals surface area contributed by atoms with Gasteiger partial charge in [-0.3, -0.25) is 14.2 Å². The second-order valence-corrected chi connectivity index (χ2v) is 8.56. The highest BCUT2D eigenvalue weighted by molar-refractivity contribution is 5.95. The fourth-order valence-electron chi connectivity index (χ4n) is 4.57. The molecule has 9 heteroatoms. The Labute approximate surface area is 194 Å². The number of carbonyl (C=O) groups excluding carboxylic acids is 1. The number of aromatic nitrogens is 4. The van der Waals surface area contributed by atoms with Crippen LogP contribution in [0, 0.1) is 18.6 Å². The number of benzene rings is 2. The molecule has 3 heterocycles. The Morgan fingerprint density at radius 1 is 1.12 bits per heavy atom. The smallest absolute Gasteiger partial charge is 0.264 e. The minimum atomic E-state index is -0.368. The van der Waals surface area contributed by atoms with Gasteiger partial charge < -0.3 is 4.90 Å². The Kier molecular flexibility index (Phi) is 5.47. The third kappa shape index (κ3) is 3.76. The minimum Gasteiger partial charge on any atom is -0.309 e. The highest BCUT2D eigenvalue weighted by Gasteiger charge is 2.28. The van der Waals surface area contributed by atoms with Crippen LogP contribution in [0.1, 0.15) is 31.2 Å². The summed E-state index contributed by atoms with van der Waals surface area (Å²) in [4.78, 5) is 32.6. The van der Waals surface area contributed by atoms with E-state index in [4.69, 9.17) is 0 Å². The number of nitrogens with zero attached hydrogens (tertiary/aromatic N) is 5. The van der Waals surface area contributed by atoms with Gasteiger partial charge in [0.1, 0.15) is 22.8 Å². The second-order valence-electron chi connectivity index (χ2n) is 8.56. The van der Waals surface area contributed by atoms with Crippen molar-refractivity contribution in [3.8, 4) is 5.69 Å². The van der Waals surface area contributed by atoms with Crippen molar-refractivity contribution in [3.05, 3.63) is 82.0 Å². The average molecular weight is 463 g/mol. The van der Waals surface area contributed by atoms with Gasteiger partial charge in [-0.1, -0.05) is 0 Å². The molecule has 1 atom stereocenters. The van der Waals surface area contributed by atoms with Gasteiger partial charge in [0.15, 0.2) is 5.65 Å². The van der Waals surface area contributed by atoms with Crippen molar-refractivity contribution in [2.75, 3.05) is 4.90 Å². The quantitative estimate of drug-likeness (QED) is 0.460. The summed E-state index contributed by atoms with van der Waals surface area (Å²) < 4.78 is 29.9. The number of hydrogen-bond acceptors (Lipinski definition) is 4. The third-order valence-corrected chi connectivity index (χ3v) is 6.34. The first-order valence-electron chi connectivity index (χ1n) is 11.1. The fraction of sp³-hybridized carbons (Fsp3) is 0.280. The van der Waals surface area contributed by atoms with Crippen LogP contribution >= 0.6 is 0 Å². The molecule has 7 nitrogen and oxygen atoms in total. The van der Waals surface area contributed by atoms with Crippen LogP contribution in [0.25, 0.3) is 16.7 Å². The maximum atomic E-state index is 13.7. The number of hydrogen-bond donors (Lipinski definition) is 0. The van der Waals surface area contributed by atoms with E-state index in [-0.39, 0.29) is 42.1 Å². The molecule has 1 unspecified atom stereocenters. The topological polar surface area (TPSA) is 73.0 Å². The monoisotopic (exact) mass is 463 g/mol. The van der Waals surface area contributed by atoms with E-state index in [1.807, 2.05) is 6.92 Å². The molecular weight excluding hydrogens is 440 g/mol. The highest BCUT2D eigenvalue weighted by Crippen LogP contribution is 2.31. The zero-order valence-electron chi connectivity index (χ0n) is 18.8. The molecule has 0 spiro atoms. The van der Waals surface area contributed by atoms with Gasteiger partial charge in [-0.25, -0.2) is 18.4 Å². The molecule has 4 aromatic rings. The van der Waals surface area contributed by atoms with E-state index in [0.717, 1.165) is 24.1 Å². The van der Waals surface area contributed by atoms with Crippen molar-refractivity contribution >= 4 is 22.6 Å². The Morgan fingerprint density at radius 2 is 1.85 bits per heavy atom. The highest BCUT2D eigenvalue weighted by atomic mass is 19.1. The van der Waals surface area contributed by atoms with Crippen LogP contribution in [-0.2, 0) is 17.8 Å². The first kappa shape index (κ1) is 21.9. The zero-order valence-corrected chi connectivity index (χ0v) is 18.8. The van der Waals surface area contributed by atoms with Crippen molar-refractivity contribution in [1.82, 2.24) is 19.3 Å². The van der Waals surface area contributed by atoms with Crippen LogP contribution in [-0.4, -0.2) is 31.3 Å². The average Bonchev–Trinajstić information content (AvgIpc) is 3.23. The van der Waals surface area contributed by atoms with Crippen LogP contribution in [0.3, 0.4) is 0 Å². The van der Waals surface area contributed by atoms with Crippen LogP contribution in [0.15, 0.2) is 53.5 Å². The Hall–Kier alpha value is -3.88. The van der Waals surface area contributed by atoms with Crippen molar-refractivity contribution in [2.45, 2.75) is 45.7 Å². The molecule has 1 amide bonds. The lowest BCUT2D eigenvalue weighted by atomic mass is 9.96. The molecule has 0 bridgehead atoms. The molecule has 0 radical (unpaired) electrons. The van der Waals surface area contributed by atoms with E-state index in [1.54, 1.807) is 30.0 Å². The van der Waals surface area contributed by atoms with Gasteiger partial charge in [0.2, 0.25) is 5.91 Å². The van der Waals surface area contributed by atoms with E-state index in [0.29, 0.717) is 22.5 Å². The summed E-state index contributed by atoms with van der Waals surface area (Å²) in [5.41, 5.74) is 2.21. The van der Waals surface area contributed by atoms with Crippen molar-refractivity contribution in [3.63, 3.8) is 0 Å². The number of aryl methyl sites for hydroxylation is 2. The summed E-state index contributed by atoms with van der Waals surface area (Å²) in [6.45, 7) is 3.84. The summed E-state index contributed by atoms with van der Waals surface area (Å²) in [6.07, 6.45) is 3.00. The predicted octanol–water partition coefficient (Wildman–Crippen LogP) is 3.93. The normalized spacial score (nSPS) is 15.5.